The van der Waals surface area contributed by atoms with Crippen LogP contribution in [0.5, 0.6) is 5.75 Å². The lowest BCUT2D eigenvalue weighted by molar-refractivity contribution is -0.122. The number of pyridine rings is 1. The molecule has 270 valence electrons. The molecule has 6 N–H and O–H groups in total. The molecular weight excluding hydrogens is 684 g/mol. The van der Waals surface area contributed by atoms with Crippen molar-refractivity contribution in [3.05, 3.63) is 93.5 Å². The van der Waals surface area contributed by atoms with Gasteiger partial charge < -0.3 is 31.7 Å². The Labute approximate surface area is 305 Å². The van der Waals surface area contributed by atoms with Crippen molar-refractivity contribution in [3.8, 4) is 28.1 Å². The van der Waals surface area contributed by atoms with E-state index in [2.05, 4.69) is 50.0 Å². The second kappa shape index (κ2) is 15.7. The van der Waals surface area contributed by atoms with Crippen molar-refractivity contribution < 1.29 is 19.5 Å². The highest BCUT2D eigenvalue weighted by molar-refractivity contribution is 6.34. The predicted octanol–water partition coefficient (Wildman–Crippen LogP) is 5.84. The van der Waals surface area contributed by atoms with E-state index in [1.165, 1.54) is 16.9 Å². The summed E-state index contributed by atoms with van der Waals surface area (Å²) in [6.07, 6.45) is 8.58. The molecule has 52 heavy (non-hydrogen) atoms. The van der Waals surface area contributed by atoms with Crippen LogP contribution < -0.4 is 27.2 Å². The van der Waals surface area contributed by atoms with Gasteiger partial charge in [0.25, 0.3) is 11.5 Å². The minimum Gasteiger partial charge on any atom is -0.504 e. The summed E-state index contributed by atoms with van der Waals surface area (Å²) in [7, 11) is 0. The fraction of sp³-hybridized carbons (Fsp3) is 0.316. The van der Waals surface area contributed by atoms with Crippen LogP contribution in [-0.2, 0) is 11.3 Å². The standard InChI is InChI=1S/C38H41ClN8O5/c1-3-6-32(46-13-11-22(12-14-46)35(40)49)26-16-25(17-27(18-26)36(50)42-28-9-10-28)23-7-5-8-24(15-23)30-19-31(37(51)47(4-2)45-30)43-38(52)44-34-29(39)20-41-21-33(34)48/h5-8,15-22,28,48H,3-4,9-14H2,1-2H3,(H2,40,49)(H,42,50)(H2,41,43,44,52). The third-order valence-corrected chi connectivity index (χ3v) is 9.46. The van der Waals surface area contributed by atoms with Gasteiger partial charge in [-0.3, -0.25) is 19.4 Å². The number of carbonyl (C=O) groups is 3. The van der Waals surface area contributed by atoms with Crippen LogP contribution in [0.2, 0.25) is 5.02 Å². The molecule has 3 heterocycles. The number of nitrogens with one attached hydrogen (secondary N) is 3. The molecule has 2 fully saturated rings. The van der Waals surface area contributed by atoms with Crippen LogP contribution in [0.25, 0.3) is 28.1 Å². The number of aromatic hydroxyl groups is 1. The molecule has 6 rings (SSSR count). The molecule has 0 unspecified atom stereocenters. The maximum absolute atomic E-state index is 13.5. The minimum atomic E-state index is -0.794. The summed E-state index contributed by atoms with van der Waals surface area (Å²) < 4.78 is 1.25. The number of likely N-dealkylation sites (tertiary alicyclic amines) is 1. The van der Waals surface area contributed by atoms with E-state index in [4.69, 9.17) is 17.3 Å². The molecule has 4 aromatic rings. The zero-order valence-electron chi connectivity index (χ0n) is 29.0. The highest BCUT2D eigenvalue weighted by atomic mass is 35.5. The lowest BCUT2D eigenvalue weighted by Crippen LogP contribution is -2.37. The van der Waals surface area contributed by atoms with Gasteiger partial charge in [0.15, 0.2) is 5.75 Å². The van der Waals surface area contributed by atoms with Gasteiger partial charge >= 0.3 is 6.03 Å². The van der Waals surface area contributed by atoms with Crippen molar-refractivity contribution in [2.75, 3.05) is 23.7 Å². The monoisotopic (exact) mass is 724 g/mol. The summed E-state index contributed by atoms with van der Waals surface area (Å²) in [6.45, 7) is 5.42. The number of nitrogens with two attached hydrogens (primary N) is 1. The topological polar surface area (TPSA) is 185 Å². The Morgan fingerprint density at radius 3 is 2.37 bits per heavy atom. The van der Waals surface area contributed by atoms with Crippen LogP contribution in [-0.4, -0.2) is 61.7 Å². The second-order valence-electron chi connectivity index (χ2n) is 12.9. The van der Waals surface area contributed by atoms with Crippen LogP contribution in [0, 0.1) is 5.92 Å². The van der Waals surface area contributed by atoms with E-state index in [0.717, 1.165) is 47.8 Å². The van der Waals surface area contributed by atoms with Crippen molar-refractivity contribution in [1.82, 2.24) is 25.0 Å². The maximum atomic E-state index is 13.5. The van der Waals surface area contributed by atoms with Crippen molar-refractivity contribution in [1.29, 1.82) is 0 Å². The van der Waals surface area contributed by atoms with Gasteiger partial charge in [0.05, 0.1) is 16.9 Å². The number of nitrogens with zero attached hydrogens (tertiary/aromatic N) is 4. The molecule has 1 aliphatic carbocycles. The molecule has 0 atom stereocenters. The SMILES string of the molecule is CCC=C(c1cc(C(=O)NC2CC2)cc(-c2cccc(-c3cc(NC(=O)Nc4c(O)cncc4Cl)c(=O)n(CC)n3)c2)c1)N1CCC(C(N)=O)CC1. The number of carbonyl (C=O) groups excluding carboxylic acids is 3. The van der Waals surface area contributed by atoms with Gasteiger partial charge in [0, 0.05) is 54.6 Å². The lowest BCUT2D eigenvalue weighted by Gasteiger charge is -2.34. The van der Waals surface area contributed by atoms with E-state index in [0.29, 0.717) is 42.8 Å². The number of primary amides is 1. The maximum Gasteiger partial charge on any atom is 0.323 e. The molecular formula is C38H41ClN8O5. The molecule has 1 aliphatic heterocycles. The fourth-order valence-corrected chi connectivity index (χ4v) is 6.46. The number of rotatable bonds is 11. The molecule has 2 aliphatic rings. The third kappa shape index (κ3) is 8.26. The summed E-state index contributed by atoms with van der Waals surface area (Å²) in [5.41, 5.74) is 10.2. The molecule has 2 aromatic heterocycles. The van der Waals surface area contributed by atoms with Crippen molar-refractivity contribution in [3.63, 3.8) is 0 Å². The number of urea groups is 1. The van der Waals surface area contributed by atoms with Gasteiger partial charge in [-0.1, -0.05) is 42.8 Å². The molecule has 0 bridgehead atoms. The van der Waals surface area contributed by atoms with Crippen LogP contribution in [0.4, 0.5) is 16.2 Å². The van der Waals surface area contributed by atoms with Crippen LogP contribution in [0.1, 0.15) is 61.9 Å². The smallest absolute Gasteiger partial charge is 0.323 e. The first kappa shape index (κ1) is 36.1. The molecule has 0 radical (unpaired) electrons. The summed E-state index contributed by atoms with van der Waals surface area (Å²) >= 11 is 6.09. The number of anilines is 2. The normalized spacial score (nSPS) is 14.9. The first-order valence-corrected chi connectivity index (χ1v) is 17.8. The number of aryl methyl sites for hydroxylation is 1. The Bertz CT molecular complexity index is 2080. The number of hydrogen-bond donors (Lipinski definition) is 5. The molecule has 0 spiro atoms. The minimum absolute atomic E-state index is 0.0237. The number of halogens is 1. The van der Waals surface area contributed by atoms with Crippen LogP contribution in [0.3, 0.4) is 0 Å². The quantitative estimate of drug-likeness (QED) is 0.128. The molecule has 2 aromatic carbocycles. The Morgan fingerprint density at radius 1 is 0.962 bits per heavy atom. The molecule has 1 saturated heterocycles. The fourth-order valence-electron chi connectivity index (χ4n) is 6.26. The summed E-state index contributed by atoms with van der Waals surface area (Å²) in [6, 6.07) is 14.3. The highest BCUT2D eigenvalue weighted by Gasteiger charge is 2.27. The Balaban J connectivity index is 1.35. The zero-order valence-corrected chi connectivity index (χ0v) is 29.7. The molecule has 14 heteroatoms. The summed E-state index contributed by atoms with van der Waals surface area (Å²) in [4.78, 5) is 57.5. The van der Waals surface area contributed by atoms with E-state index < -0.39 is 11.6 Å². The lowest BCUT2D eigenvalue weighted by atomic mass is 9.93. The number of piperidine rings is 1. The first-order chi connectivity index (χ1) is 25.0. The number of benzene rings is 2. The van der Waals surface area contributed by atoms with Crippen LogP contribution in [0.15, 0.2) is 71.8 Å². The van der Waals surface area contributed by atoms with Gasteiger partial charge in [-0.25, -0.2) is 9.48 Å². The van der Waals surface area contributed by atoms with Crippen molar-refractivity contribution in [2.45, 2.75) is 58.5 Å². The predicted molar refractivity (Wildman–Crippen MR) is 201 cm³/mol. The van der Waals surface area contributed by atoms with Gasteiger partial charge in [-0.05, 0) is 86.1 Å². The van der Waals surface area contributed by atoms with Gasteiger partial charge in [0.2, 0.25) is 5.91 Å². The first-order valence-electron chi connectivity index (χ1n) is 17.4. The average molecular weight is 725 g/mol. The molecule has 1 saturated carbocycles. The second-order valence-corrected chi connectivity index (χ2v) is 13.4. The van der Waals surface area contributed by atoms with E-state index in [1.807, 2.05) is 36.4 Å². The van der Waals surface area contributed by atoms with Crippen molar-refractivity contribution >= 4 is 46.5 Å². The highest BCUT2D eigenvalue weighted by Crippen LogP contribution is 2.34. The molecule has 13 nitrogen and oxygen atoms in total. The number of allylic oxidation sites excluding steroid dienone is 1. The number of aromatic nitrogens is 3. The Hall–Kier alpha value is -5.69. The largest absolute Gasteiger partial charge is 0.504 e. The van der Waals surface area contributed by atoms with E-state index in [1.54, 1.807) is 6.92 Å². The molecule has 4 amide bonds. The van der Waals surface area contributed by atoms with Gasteiger partial charge in [-0.15, -0.1) is 0 Å². The van der Waals surface area contributed by atoms with Crippen molar-refractivity contribution in [2.24, 2.45) is 11.7 Å². The Morgan fingerprint density at radius 2 is 1.69 bits per heavy atom. The van der Waals surface area contributed by atoms with Crippen LogP contribution >= 0.6 is 11.6 Å². The number of hydrogen-bond acceptors (Lipinski definition) is 8. The summed E-state index contributed by atoms with van der Waals surface area (Å²) in [5, 5.41) is 22.8. The van der Waals surface area contributed by atoms with Gasteiger partial charge in [0.1, 0.15) is 11.4 Å². The Kier molecular flexibility index (Phi) is 10.9. The average Bonchev–Trinajstić information content (AvgIpc) is 3.97. The third-order valence-electron chi connectivity index (χ3n) is 9.17. The zero-order chi connectivity index (χ0) is 36.9. The van der Waals surface area contributed by atoms with E-state index in [9.17, 15) is 24.3 Å². The number of amides is 4. The van der Waals surface area contributed by atoms with E-state index in [-0.39, 0.29) is 52.5 Å². The summed E-state index contributed by atoms with van der Waals surface area (Å²) in [5.74, 6) is -0.894. The van der Waals surface area contributed by atoms with E-state index >= 15 is 0 Å². The van der Waals surface area contributed by atoms with Gasteiger partial charge in [-0.2, -0.15) is 5.10 Å².